The fraction of sp³-hybridized carbons (Fsp3) is 0.611. The van der Waals surface area contributed by atoms with E-state index in [2.05, 4.69) is 26.1 Å². The van der Waals surface area contributed by atoms with Crippen molar-refractivity contribution in [2.24, 2.45) is 5.92 Å². The van der Waals surface area contributed by atoms with E-state index in [-0.39, 0.29) is 11.7 Å². The van der Waals surface area contributed by atoms with Crippen LogP contribution in [0.25, 0.3) is 0 Å². The summed E-state index contributed by atoms with van der Waals surface area (Å²) in [7, 11) is 0. The van der Waals surface area contributed by atoms with Gasteiger partial charge < -0.3 is 10.1 Å². The van der Waals surface area contributed by atoms with Gasteiger partial charge in [-0.15, -0.1) is 0 Å². The lowest BCUT2D eigenvalue weighted by Gasteiger charge is -2.22. The molecule has 116 valence electrons. The quantitative estimate of drug-likeness (QED) is 0.810. The number of nitrogens with one attached hydrogen (secondary N) is 1. The van der Waals surface area contributed by atoms with E-state index in [4.69, 9.17) is 4.74 Å². The highest BCUT2D eigenvalue weighted by molar-refractivity contribution is 5.98. The van der Waals surface area contributed by atoms with E-state index in [0.717, 1.165) is 55.8 Å². The monoisotopic (exact) mass is 289 g/mol. The molecule has 0 aliphatic carbocycles. The molecular weight excluding hydrogens is 262 g/mol. The molecule has 1 aliphatic heterocycles. The van der Waals surface area contributed by atoms with Gasteiger partial charge in [0.25, 0.3) is 0 Å². The van der Waals surface area contributed by atoms with Crippen LogP contribution in [0.4, 0.5) is 0 Å². The van der Waals surface area contributed by atoms with Crippen LogP contribution in [0.3, 0.4) is 0 Å². The van der Waals surface area contributed by atoms with Crippen LogP contribution in [-0.2, 0) is 0 Å². The highest BCUT2D eigenvalue weighted by Crippen LogP contribution is 2.29. The van der Waals surface area contributed by atoms with Gasteiger partial charge in [0.1, 0.15) is 5.75 Å². The Morgan fingerprint density at radius 3 is 2.86 bits per heavy atom. The molecule has 1 saturated heterocycles. The summed E-state index contributed by atoms with van der Waals surface area (Å²) in [6.45, 7) is 8.95. The highest BCUT2D eigenvalue weighted by atomic mass is 16.5. The lowest BCUT2D eigenvalue weighted by molar-refractivity contribution is 0.0899. The van der Waals surface area contributed by atoms with Crippen molar-refractivity contribution in [3.63, 3.8) is 0 Å². The van der Waals surface area contributed by atoms with Gasteiger partial charge in [-0.05, 0) is 55.5 Å². The summed E-state index contributed by atoms with van der Waals surface area (Å²) < 4.78 is 5.80. The van der Waals surface area contributed by atoms with E-state index in [0.29, 0.717) is 5.92 Å². The molecule has 0 radical (unpaired) electrons. The van der Waals surface area contributed by atoms with Gasteiger partial charge >= 0.3 is 0 Å². The summed E-state index contributed by atoms with van der Waals surface area (Å²) in [5.74, 6) is 1.67. The zero-order valence-corrected chi connectivity index (χ0v) is 13.4. The summed E-state index contributed by atoms with van der Waals surface area (Å²) in [6.07, 6.45) is 3.08. The molecule has 1 aliphatic rings. The number of benzene rings is 1. The molecule has 0 aromatic heterocycles. The number of piperidine rings is 1. The second-order valence-corrected chi connectivity index (χ2v) is 6.16. The van der Waals surface area contributed by atoms with Crippen LogP contribution in [0.15, 0.2) is 18.2 Å². The summed E-state index contributed by atoms with van der Waals surface area (Å²) in [6, 6.07) is 5.93. The normalized spacial score (nSPS) is 18.8. The third kappa shape index (κ3) is 4.07. The molecule has 0 bridgehead atoms. The van der Waals surface area contributed by atoms with Gasteiger partial charge in [-0.1, -0.05) is 20.8 Å². The lowest BCUT2D eigenvalue weighted by atomic mass is 9.89. The molecule has 1 atom stereocenters. The number of rotatable bonds is 6. The van der Waals surface area contributed by atoms with Gasteiger partial charge in [0, 0.05) is 18.0 Å². The van der Waals surface area contributed by atoms with Gasteiger partial charge in [-0.3, -0.25) is 4.79 Å². The number of carbonyl (C=O) groups is 1. The van der Waals surface area contributed by atoms with Crippen LogP contribution in [-0.4, -0.2) is 25.5 Å². The molecule has 1 N–H and O–H groups in total. The van der Waals surface area contributed by atoms with E-state index < -0.39 is 0 Å². The van der Waals surface area contributed by atoms with Crippen molar-refractivity contribution in [1.29, 1.82) is 0 Å². The predicted octanol–water partition coefficient (Wildman–Crippen LogP) is 3.78. The fourth-order valence-electron chi connectivity index (χ4n) is 2.81. The van der Waals surface area contributed by atoms with Gasteiger partial charge in [0.05, 0.1) is 6.61 Å². The van der Waals surface area contributed by atoms with Crippen molar-refractivity contribution in [3.8, 4) is 5.75 Å². The molecule has 1 fully saturated rings. The maximum Gasteiger partial charge on any atom is 0.167 e. The fourth-order valence-corrected chi connectivity index (χ4v) is 2.81. The zero-order valence-electron chi connectivity index (χ0n) is 13.4. The molecule has 1 aromatic carbocycles. The summed E-state index contributed by atoms with van der Waals surface area (Å²) in [5.41, 5.74) is 1.97. The Morgan fingerprint density at radius 2 is 2.24 bits per heavy atom. The Labute approximate surface area is 128 Å². The van der Waals surface area contributed by atoms with Crippen LogP contribution < -0.4 is 10.1 Å². The number of Topliss-reactive ketones (excluding diaryl/α,β-unsaturated/α-hetero) is 1. The maximum atomic E-state index is 12.6. The first-order chi connectivity index (χ1) is 10.1. The van der Waals surface area contributed by atoms with Crippen LogP contribution in [0.2, 0.25) is 0 Å². The Bertz CT molecular complexity index is 476. The largest absolute Gasteiger partial charge is 0.493 e. The first-order valence-corrected chi connectivity index (χ1v) is 8.15. The minimum Gasteiger partial charge on any atom is -0.493 e. The Kier molecular flexibility index (Phi) is 5.80. The average Bonchev–Trinajstić information content (AvgIpc) is 2.52. The SMILES string of the molecule is CCCOc1ccc(C(=O)C2CCCNC2)cc1C(C)C. The molecular formula is C18H27NO2. The molecule has 1 unspecified atom stereocenters. The molecule has 3 heteroatoms. The van der Waals surface area contributed by atoms with Gasteiger partial charge in [-0.25, -0.2) is 0 Å². The summed E-state index contributed by atoms with van der Waals surface area (Å²) >= 11 is 0. The minimum absolute atomic E-state index is 0.126. The van der Waals surface area contributed by atoms with Crippen molar-refractivity contribution >= 4 is 5.78 Å². The molecule has 1 aromatic rings. The first-order valence-electron chi connectivity index (χ1n) is 8.15. The summed E-state index contributed by atoms with van der Waals surface area (Å²) in [4.78, 5) is 12.6. The number of hydrogen-bond donors (Lipinski definition) is 1. The number of hydrogen-bond acceptors (Lipinski definition) is 3. The van der Waals surface area contributed by atoms with E-state index in [1.807, 2.05) is 18.2 Å². The highest BCUT2D eigenvalue weighted by Gasteiger charge is 2.23. The molecule has 0 amide bonds. The van der Waals surface area contributed by atoms with Crippen molar-refractivity contribution in [2.75, 3.05) is 19.7 Å². The first kappa shape index (κ1) is 16.0. The van der Waals surface area contributed by atoms with E-state index >= 15 is 0 Å². The number of carbonyl (C=O) groups excluding carboxylic acids is 1. The predicted molar refractivity (Wildman–Crippen MR) is 86.2 cm³/mol. The molecule has 1 heterocycles. The third-order valence-corrected chi connectivity index (χ3v) is 4.05. The third-order valence-electron chi connectivity index (χ3n) is 4.05. The topological polar surface area (TPSA) is 38.3 Å². The lowest BCUT2D eigenvalue weighted by Crippen LogP contribution is -2.34. The average molecular weight is 289 g/mol. The second kappa shape index (κ2) is 7.60. The minimum atomic E-state index is 0.126. The smallest absolute Gasteiger partial charge is 0.167 e. The van der Waals surface area contributed by atoms with Crippen molar-refractivity contribution in [3.05, 3.63) is 29.3 Å². The molecule has 3 nitrogen and oxygen atoms in total. The number of ether oxygens (including phenoxy) is 1. The van der Waals surface area contributed by atoms with Crippen LogP contribution >= 0.6 is 0 Å². The molecule has 0 saturated carbocycles. The van der Waals surface area contributed by atoms with E-state index in [1.165, 1.54) is 0 Å². The van der Waals surface area contributed by atoms with Crippen molar-refractivity contribution in [1.82, 2.24) is 5.32 Å². The van der Waals surface area contributed by atoms with Crippen molar-refractivity contribution in [2.45, 2.75) is 46.0 Å². The second-order valence-electron chi connectivity index (χ2n) is 6.16. The molecule has 2 rings (SSSR count). The maximum absolute atomic E-state index is 12.6. The standard InChI is InChI=1S/C18H27NO2/c1-4-10-21-17-8-7-14(11-16(17)13(2)3)18(20)15-6-5-9-19-12-15/h7-8,11,13,15,19H,4-6,9-10,12H2,1-3H3. The Morgan fingerprint density at radius 1 is 1.43 bits per heavy atom. The molecule has 21 heavy (non-hydrogen) atoms. The Balaban J connectivity index is 2.20. The molecule has 0 spiro atoms. The van der Waals surface area contributed by atoms with Crippen LogP contribution in [0.5, 0.6) is 5.75 Å². The van der Waals surface area contributed by atoms with Crippen LogP contribution in [0, 0.1) is 5.92 Å². The van der Waals surface area contributed by atoms with Gasteiger partial charge in [0.15, 0.2) is 5.78 Å². The summed E-state index contributed by atoms with van der Waals surface area (Å²) in [5, 5.41) is 3.32. The van der Waals surface area contributed by atoms with Gasteiger partial charge in [0.2, 0.25) is 0 Å². The number of ketones is 1. The van der Waals surface area contributed by atoms with Crippen molar-refractivity contribution < 1.29 is 9.53 Å². The van der Waals surface area contributed by atoms with E-state index in [9.17, 15) is 4.79 Å². The van der Waals surface area contributed by atoms with Crippen LogP contribution in [0.1, 0.15) is 61.9 Å². The Hall–Kier alpha value is -1.35. The zero-order chi connectivity index (χ0) is 15.2. The van der Waals surface area contributed by atoms with Gasteiger partial charge in [-0.2, -0.15) is 0 Å². The van der Waals surface area contributed by atoms with E-state index in [1.54, 1.807) is 0 Å².